The molecule has 3 rings (SSSR count). The third-order valence-electron chi connectivity index (χ3n) is 4.43. The molecule has 1 aliphatic rings. The molecule has 2 aromatic carbocycles. The average molecular weight is 381 g/mol. The van der Waals surface area contributed by atoms with Crippen molar-refractivity contribution in [1.29, 1.82) is 0 Å². The molecule has 0 radical (unpaired) electrons. The second-order valence-electron chi connectivity index (χ2n) is 7.81. The Hall–Kier alpha value is -3.02. The fourth-order valence-corrected chi connectivity index (χ4v) is 3.20. The number of hydrogen-bond acceptors (Lipinski definition) is 4. The average Bonchev–Trinajstić information content (AvgIpc) is 3.16. The Kier molecular flexibility index (Phi) is 5.87. The summed E-state index contributed by atoms with van der Waals surface area (Å²) in [6.07, 6.45) is 0.937. The molecule has 1 saturated heterocycles. The van der Waals surface area contributed by atoms with E-state index in [4.69, 9.17) is 4.74 Å². The van der Waals surface area contributed by atoms with E-state index in [1.165, 1.54) is 4.90 Å². The zero-order valence-electron chi connectivity index (χ0n) is 16.6. The Morgan fingerprint density at radius 1 is 1.00 bits per heavy atom. The standard InChI is InChI=1S/C22H27N3O3/c1-22(2,3)28-21(27)24-16-10-15-19(24)20(26)23-25(17-11-6-4-7-12-17)18-13-8-5-9-14-18/h4-9,11-14,19H,10,15-16H2,1-3H3,(H,23,26)/t19-/m1/s1. The smallest absolute Gasteiger partial charge is 0.410 e. The van der Waals surface area contributed by atoms with Crippen LogP contribution in [0.2, 0.25) is 0 Å². The summed E-state index contributed by atoms with van der Waals surface area (Å²) in [5.41, 5.74) is 4.06. The molecule has 1 aliphatic heterocycles. The van der Waals surface area contributed by atoms with Gasteiger partial charge < -0.3 is 4.74 Å². The van der Waals surface area contributed by atoms with Crippen molar-refractivity contribution < 1.29 is 14.3 Å². The molecule has 0 spiro atoms. The molecule has 1 N–H and O–H groups in total. The molecule has 0 unspecified atom stereocenters. The van der Waals surface area contributed by atoms with Gasteiger partial charge in [0.2, 0.25) is 0 Å². The second kappa shape index (κ2) is 8.33. The zero-order valence-corrected chi connectivity index (χ0v) is 16.6. The summed E-state index contributed by atoms with van der Waals surface area (Å²) in [7, 11) is 0. The van der Waals surface area contributed by atoms with Gasteiger partial charge >= 0.3 is 6.09 Å². The van der Waals surface area contributed by atoms with Crippen molar-refractivity contribution in [2.45, 2.75) is 45.3 Å². The largest absolute Gasteiger partial charge is 0.444 e. The summed E-state index contributed by atoms with van der Waals surface area (Å²) in [6.45, 7) is 5.98. The molecule has 28 heavy (non-hydrogen) atoms. The molecule has 1 atom stereocenters. The van der Waals surface area contributed by atoms with Crippen LogP contribution in [-0.2, 0) is 9.53 Å². The number of rotatable bonds is 4. The molecule has 1 heterocycles. The van der Waals surface area contributed by atoms with Gasteiger partial charge in [-0.2, -0.15) is 0 Å². The van der Waals surface area contributed by atoms with Crippen LogP contribution in [0.15, 0.2) is 60.7 Å². The van der Waals surface area contributed by atoms with Crippen LogP contribution in [0.4, 0.5) is 16.2 Å². The molecule has 0 aromatic heterocycles. The molecule has 6 nitrogen and oxygen atoms in total. The normalized spacial score (nSPS) is 16.5. The molecule has 0 saturated carbocycles. The first-order chi connectivity index (χ1) is 13.3. The second-order valence-corrected chi connectivity index (χ2v) is 7.81. The van der Waals surface area contributed by atoms with E-state index in [0.29, 0.717) is 13.0 Å². The van der Waals surface area contributed by atoms with Crippen molar-refractivity contribution in [1.82, 2.24) is 10.3 Å². The SMILES string of the molecule is CC(C)(C)OC(=O)N1CCC[C@@H]1C(=O)NN(c1ccccc1)c1ccccc1. The highest BCUT2D eigenvalue weighted by Crippen LogP contribution is 2.25. The Labute approximate surface area is 166 Å². The predicted octanol–water partition coefficient (Wildman–Crippen LogP) is 4.26. The number of para-hydroxylation sites is 2. The van der Waals surface area contributed by atoms with E-state index in [9.17, 15) is 9.59 Å². The van der Waals surface area contributed by atoms with Crippen LogP contribution in [0.25, 0.3) is 0 Å². The Balaban J connectivity index is 1.79. The van der Waals surface area contributed by atoms with Crippen molar-refractivity contribution in [3.63, 3.8) is 0 Å². The Bertz CT molecular complexity index is 763. The third kappa shape index (κ3) is 4.82. The minimum Gasteiger partial charge on any atom is -0.444 e. The first-order valence-electron chi connectivity index (χ1n) is 9.55. The minimum atomic E-state index is -0.596. The summed E-state index contributed by atoms with van der Waals surface area (Å²) in [4.78, 5) is 27.1. The molecular weight excluding hydrogens is 354 g/mol. The van der Waals surface area contributed by atoms with Crippen molar-refractivity contribution in [3.8, 4) is 0 Å². The van der Waals surface area contributed by atoms with Gasteiger partial charge in [0.15, 0.2) is 0 Å². The number of nitrogens with one attached hydrogen (secondary N) is 1. The topological polar surface area (TPSA) is 61.9 Å². The number of carbonyl (C=O) groups is 2. The summed E-state index contributed by atoms with van der Waals surface area (Å²) < 4.78 is 5.47. The van der Waals surface area contributed by atoms with Gasteiger partial charge in [-0.05, 0) is 57.9 Å². The highest BCUT2D eigenvalue weighted by molar-refractivity contribution is 5.88. The Morgan fingerprint density at radius 2 is 1.54 bits per heavy atom. The summed E-state index contributed by atoms with van der Waals surface area (Å²) in [5, 5.41) is 1.74. The van der Waals surface area contributed by atoms with Gasteiger partial charge in [0.1, 0.15) is 11.6 Å². The lowest BCUT2D eigenvalue weighted by atomic mass is 10.2. The number of amides is 2. The summed E-state index contributed by atoms with van der Waals surface area (Å²) in [6, 6.07) is 18.7. The van der Waals surface area contributed by atoms with Gasteiger partial charge in [0.05, 0.1) is 11.4 Å². The third-order valence-corrected chi connectivity index (χ3v) is 4.43. The van der Waals surface area contributed by atoms with Crippen LogP contribution in [-0.4, -0.2) is 35.1 Å². The molecule has 2 aromatic rings. The van der Waals surface area contributed by atoms with Crippen molar-refractivity contribution in [2.75, 3.05) is 11.6 Å². The summed E-state index contributed by atoms with van der Waals surface area (Å²) in [5.74, 6) is -0.226. The Morgan fingerprint density at radius 3 is 2.04 bits per heavy atom. The van der Waals surface area contributed by atoms with Crippen LogP contribution in [0.1, 0.15) is 33.6 Å². The van der Waals surface area contributed by atoms with Crippen molar-refractivity contribution >= 4 is 23.4 Å². The van der Waals surface area contributed by atoms with Crippen LogP contribution < -0.4 is 10.4 Å². The molecular formula is C22H27N3O3. The lowest BCUT2D eigenvalue weighted by Crippen LogP contribution is -2.51. The predicted molar refractivity (Wildman–Crippen MR) is 109 cm³/mol. The van der Waals surface area contributed by atoms with Gasteiger partial charge in [-0.1, -0.05) is 36.4 Å². The van der Waals surface area contributed by atoms with Gasteiger partial charge in [-0.25, -0.2) is 4.79 Å². The zero-order chi connectivity index (χ0) is 20.1. The lowest BCUT2D eigenvalue weighted by Gasteiger charge is -2.31. The first-order valence-corrected chi connectivity index (χ1v) is 9.55. The molecule has 1 fully saturated rings. The van der Waals surface area contributed by atoms with Gasteiger partial charge in [-0.3, -0.25) is 20.1 Å². The molecule has 0 aliphatic carbocycles. The molecule has 6 heteroatoms. The van der Waals surface area contributed by atoms with Gasteiger partial charge in [-0.15, -0.1) is 0 Å². The molecule has 0 bridgehead atoms. The lowest BCUT2D eigenvalue weighted by molar-refractivity contribution is -0.125. The van der Waals surface area contributed by atoms with Crippen LogP contribution >= 0.6 is 0 Å². The van der Waals surface area contributed by atoms with E-state index in [0.717, 1.165) is 17.8 Å². The van der Waals surface area contributed by atoms with Crippen molar-refractivity contribution in [2.24, 2.45) is 0 Å². The highest BCUT2D eigenvalue weighted by atomic mass is 16.6. The summed E-state index contributed by atoms with van der Waals surface area (Å²) >= 11 is 0. The maximum atomic E-state index is 13.1. The van der Waals surface area contributed by atoms with Crippen LogP contribution in [0.3, 0.4) is 0 Å². The first kappa shape index (κ1) is 19.7. The number of anilines is 2. The number of benzene rings is 2. The number of likely N-dealkylation sites (tertiary alicyclic amines) is 1. The van der Waals surface area contributed by atoms with E-state index < -0.39 is 17.7 Å². The highest BCUT2D eigenvalue weighted by Gasteiger charge is 2.37. The van der Waals surface area contributed by atoms with Crippen LogP contribution in [0.5, 0.6) is 0 Å². The van der Waals surface area contributed by atoms with E-state index in [-0.39, 0.29) is 5.91 Å². The fourth-order valence-electron chi connectivity index (χ4n) is 3.20. The fraction of sp³-hybridized carbons (Fsp3) is 0.364. The van der Waals surface area contributed by atoms with E-state index >= 15 is 0 Å². The minimum absolute atomic E-state index is 0.226. The molecule has 148 valence electrons. The monoisotopic (exact) mass is 381 g/mol. The van der Waals surface area contributed by atoms with Crippen LogP contribution in [0, 0.1) is 0 Å². The number of hydrogen-bond donors (Lipinski definition) is 1. The molecule has 2 amide bonds. The van der Waals surface area contributed by atoms with E-state index in [1.54, 1.807) is 5.01 Å². The number of ether oxygens (including phenoxy) is 1. The maximum Gasteiger partial charge on any atom is 0.410 e. The quantitative estimate of drug-likeness (QED) is 0.804. The van der Waals surface area contributed by atoms with Crippen molar-refractivity contribution in [3.05, 3.63) is 60.7 Å². The van der Waals surface area contributed by atoms with E-state index in [2.05, 4.69) is 5.43 Å². The van der Waals surface area contributed by atoms with E-state index in [1.807, 2.05) is 81.4 Å². The number of nitrogens with zero attached hydrogens (tertiary/aromatic N) is 2. The van der Waals surface area contributed by atoms with Gasteiger partial charge in [0.25, 0.3) is 5.91 Å². The number of carbonyl (C=O) groups excluding carboxylic acids is 2. The van der Waals surface area contributed by atoms with Gasteiger partial charge in [0, 0.05) is 6.54 Å². The number of hydrazine groups is 1. The maximum absolute atomic E-state index is 13.1.